The number of rotatable bonds is 10. The number of amides is 3. The maximum atomic E-state index is 14.1. The number of nitrogen functional groups attached to an aromatic ring is 1. The van der Waals surface area contributed by atoms with Crippen molar-refractivity contribution in [3.05, 3.63) is 64.7 Å². The molecule has 0 saturated carbocycles. The number of nitrogens with one attached hydrogen (secondary N) is 1. The fourth-order valence-electron chi connectivity index (χ4n) is 3.73. The molecule has 11 heteroatoms. The van der Waals surface area contributed by atoms with Gasteiger partial charge in [0.05, 0.1) is 12.8 Å². The molecular formula is C27H34N6O4S. The van der Waals surface area contributed by atoms with Crippen molar-refractivity contribution < 1.29 is 19.1 Å². The van der Waals surface area contributed by atoms with E-state index in [4.69, 9.17) is 16.2 Å². The van der Waals surface area contributed by atoms with E-state index < -0.39 is 23.4 Å². The monoisotopic (exact) mass is 538 g/mol. The number of hydrogen-bond donors (Lipinski definition) is 3. The Hall–Kier alpha value is -4.12. The van der Waals surface area contributed by atoms with Crippen molar-refractivity contribution in [1.82, 2.24) is 9.69 Å². The van der Waals surface area contributed by atoms with Crippen LogP contribution in [0.1, 0.15) is 59.0 Å². The first kappa shape index (κ1) is 28.5. The average molecular weight is 539 g/mol. The summed E-state index contributed by atoms with van der Waals surface area (Å²) in [6.45, 7) is 5.80. The van der Waals surface area contributed by atoms with Gasteiger partial charge < -0.3 is 26.4 Å². The van der Waals surface area contributed by atoms with Gasteiger partial charge in [0.25, 0.3) is 11.8 Å². The molecule has 3 rings (SSSR count). The van der Waals surface area contributed by atoms with Gasteiger partial charge in [0.15, 0.2) is 5.69 Å². The number of carbonyl (C=O) groups excluding carboxylic acids is 3. The predicted octanol–water partition coefficient (Wildman–Crippen LogP) is 3.59. The van der Waals surface area contributed by atoms with Crippen molar-refractivity contribution in [2.24, 2.45) is 5.73 Å². The minimum atomic E-state index is -1.07. The summed E-state index contributed by atoms with van der Waals surface area (Å²) in [4.78, 5) is 43.2. The van der Waals surface area contributed by atoms with Gasteiger partial charge >= 0.3 is 0 Å². The molecule has 0 saturated heterocycles. The van der Waals surface area contributed by atoms with Gasteiger partial charge in [-0.15, -0.1) is 0 Å². The molecule has 0 fully saturated rings. The van der Waals surface area contributed by atoms with E-state index in [2.05, 4.69) is 9.69 Å². The number of primary amides is 1. The zero-order valence-corrected chi connectivity index (χ0v) is 23.3. The molecule has 202 valence electrons. The summed E-state index contributed by atoms with van der Waals surface area (Å²) in [5.74, 6) is -1.23. The third-order valence-electron chi connectivity index (χ3n) is 6.30. The first-order valence-electron chi connectivity index (χ1n) is 12.0. The SMILES string of the molecule is CCC(C)(C)NC(=O)[C@H](c1ccc(N(C)C)cc1)N(C(=O)c1snc(C(N)=O)c1N)c1ccc(OC)cc1. The smallest absolute Gasteiger partial charge is 0.273 e. The number of anilines is 3. The van der Waals surface area contributed by atoms with Gasteiger partial charge in [-0.1, -0.05) is 19.1 Å². The van der Waals surface area contributed by atoms with Crippen molar-refractivity contribution in [3.63, 3.8) is 0 Å². The molecule has 2 aromatic carbocycles. The Morgan fingerprint density at radius 1 is 1.05 bits per heavy atom. The van der Waals surface area contributed by atoms with Gasteiger partial charge in [-0.25, -0.2) is 0 Å². The second kappa shape index (κ2) is 11.5. The van der Waals surface area contributed by atoms with E-state index in [-0.39, 0.29) is 22.2 Å². The second-order valence-corrected chi connectivity index (χ2v) is 10.4. The quantitative estimate of drug-likeness (QED) is 0.358. The Labute approximate surface area is 226 Å². The van der Waals surface area contributed by atoms with Crippen molar-refractivity contribution in [3.8, 4) is 5.75 Å². The van der Waals surface area contributed by atoms with Crippen LogP contribution in [0.2, 0.25) is 0 Å². The van der Waals surface area contributed by atoms with Crippen LogP contribution >= 0.6 is 11.5 Å². The lowest BCUT2D eigenvalue weighted by Gasteiger charge is -2.34. The largest absolute Gasteiger partial charge is 0.497 e. The number of carbonyl (C=O) groups is 3. The minimum Gasteiger partial charge on any atom is -0.497 e. The number of hydrogen-bond acceptors (Lipinski definition) is 8. The summed E-state index contributed by atoms with van der Waals surface area (Å²) in [5, 5.41) is 3.07. The van der Waals surface area contributed by atoms with Gasteiger partial charge in [0, 0.05) is 31.0 Å². The lowest BCUT2D eigenvalue weighted by atomic mass is 9.97. The molecule has 0 spiro atoms. The van der Waals surface area contributed by atoms with Crippen LogP contribution in [0.5, 0.6) is 5.75 Å². The Kier molecular flexibility index (Phi) is 8.62. The van der Waals surface area contributed by atoms with Crippen LogP contribution in [0.4, 0.5) is 17.1 Å². The molecule has 0 unspecified atom stereocenters. The first-order valence-corrected chi connectivity index (χ1v) is 12.8. The highest BCUT2D eigenvalue weighted by Gasteiger charge is 2.37. The molecule has 1 heterocycles. The zero-order chi connectivity index (χ0) is 28.2. The van der Waals surface area contributed by atoms with E-state index >= 15 is 0 Å². The van der Waals surface area contributed by atoms with Crippen molar-refractivity contribution >= 4 is 46.3 Å². The van der Waals surface area contributed by atoms with Crippen LogP contribution in [0, 0.1) is 0 Å². The number of nitrogens with two attached hydrogens (primary N) is 2. The molecule has 0 bridgehead atoms. The van der Waals surface area contributed by atoms with Crippen molar-refractivity contribution in [2.75, 3.05) is 36.7 Å². The van der Waals surface area contributed by atoms with E-state index in [9.17, 15) is 14.4 Å². The van der Waals surface area contributed by atoms with E-state index in [0.29, 0.717) is 23.4 Å². The molecule has 38 heavy (non-hydrogen) atoms. The summed E-state index contributed by atoms with van der Waals surface area (Å²) in [5.41, 5.74) is 12.6. The Morgan fingerprint density at radius 2 is 1.63 bits per heavy atom. The molecule has 0 radical (unpaired) electrons. The fourth-order valence-corrected chi connectivity index (χ4v) is 4.47. The van der Waals surface area contributed by atoms with Gasteiger partial charge in [-0.3, -0.25) is 19.3 Å². The molecule has 0 aliphatic carbocycles. The summed E-state index contributed by atoms with van der Waals surface area (Å²) >= 11 is 0.761. The van der Waals surface area contributed by atoms with Gasteiger partial charge in [0.2, 0.25) is 5.91 Å². The van der Waals surface area contributed by atoms with Crippen LogP contribution in [0.15, 0.2) is 48.5 Å². The molecular weight excluding hydrogens is 504 g/mol. The highest BCUT2D eigenvalue weighted by Crippen LogP contribution is 2.35. The van der Waals surface area contributed by atoms with Gasteiger partial charge in [0.1, 0.15) is 16.7 Å². The average Bonchev–Trinajstić information content (AvgIpc) is 3.28. The van der Waals surface area contributed by atoms with E-state index in [1.165, 1.54) is 12.0 Å². The van der Waals surface area contributed by atoms with Crippen LogP contribution in [0.25, 0.3) is 0 Å². The van der Waals surface area contributed by atoms with Gasteiger partial charge in [-0.05, 0) is 73.8 Å². The summed E-state index contributed by atoms with van der Waals surface area (Å²) in [6, 6.07) is 13.1. The lowest BCUT2D eigenvalue weighted by Crippen LogP contribution is -2.50. The third kappa shape index (κ3) is 6.05. The molecule has 3 aromatic rings. The second-order valence-electron chi connectivity index (χ2n) is 9.63. The van der Waals surface area contributed by atoms with Crippen LogP contribution < -0.4 is 31.3 Å². The molecule has 0 aliphatic rings. The standard InChI is InChI=1S/C27H34N6O4S/c1-7-27(2,3)30-25(35)22(16-8-10-17(11-9-16)32(4)5)33(18-12-14-19(37-6)15-13-18)26(36)23-20(28)21(24(29)34)31-38-23/h8-15,22H,7,28H2,1-6H3,(H2,29,34)(H,30,35)/t22-/m0/s1. The van der Waals surface area contributed by atoms with Gasteiger partial charge in [-0.2, -0.15) is 4.37 Å². The summed E-state index contributed by atoms with van der Waals surface area (Å²) in [7, 11) is 5.37. The molecule has 3 amide bonds. The minimum absolute atomic E-state index is 0.00656. The van der Waals surface area contributed by atoms with E-state index in [1.54, 1.807) is 24.3 Å². The van der Waals surface area contributed by atoms with Crippen LogP contribution in [0.3, 0.4) is 0 Å². The van der Waals surface area contributed by atoms with E-state index in [0.717, 1.165) is 17.2 Å². The van der Waals surface area contributed by atoms with Crippen molar-refractivity contribution in [1.29, 1.82) is 0 Å². The van der Waals surface area contributed by atoms with Crippen LogP contribution in [-0.4, -0.2) is 48.8 Å². The Bertz CT molecular complexity index is 1300. The molecule has 1 aromatic heterocycles. The maximum Gasteiger partial charge on any atom is 0.273 e. The number of aromatic nitrogens is 1. The Balaban J connectivity index is 2.24. The summed E-state index contributed by atoms with van der Waals surface area (Å²) < 4.78 is 9.27. The number of benzene rings is 2. The number of methoxy groups -OCH3 is 1. The first-order chi connectivity index (χ1) is 17.9. The highest BCUT2D eigenvalue weighted by molar-refractivity contribution is 7.09. The predicted molar refractivity (Wildman–Crippen MR) is 151 cm³/mol. The number of ether oxygens (including phenoxy) is 1. The fraction of sp³-hybridized carbons (Fsp3) is 0.333. The van der Waals surface area contributed by atoms with E-state index in [1.807, 2.05) is 64.0 Å². The maximum absolute atomic E-state index is 14.1. The third-order valence-corrected chi connectivity index (χ3v) is 7.15. The molecule has 5 N–H and O–H groups in total. The topological polar surface area (TPSA) is 144 Å². The molecule has 10 nitrogen and oxygen atoms in total. The van der Waals surface area contributed by atoms with Crippen molar-refractivity contribution in [2.45, 2.75) is 38.8 Å². The normalized spacial score (nSPS) is 11.9. The lowest BCUT2D eigenvalue weighted by molar-refractivity contribution is -0.124. The Morgan fingerprint density at radius 3 is 2.11 bits per heavy atom. The van der Waals surface area contributed by atoms with Crippen LogP contribution in [-0.2, 0) is 4.79 Å². The highest BCUT2D eigenvalue weighted by atomic mass is 32.1. The molecule has 1 atom stereocenters. The summed E-state index contributed by atoms with van der Waals surface area (Å²) in [6.07, 6.45) is 0.672. The molecule has 0 aliphatic heterocycles. The zero-order valence-electron chi connectivity index (χ0n) is 22.4. The number of nitrogens with zero attached hydrogens (tertiary/aromatic N) is 3.